The summed E-state index contributed by atoms with van der Waals surface area (Å²) in [5, 5.41) is 3.84. The molecule has 0 aliphatic rings. The van der Waals surface area contributed by atoms with Crippen LogP contribution < -0.4 is 11.1 Å². The Kier molecular flexibility index (Phi) is 7.34. The number of carbonyl (C=O) groups excluding carboxylic acids is 1. The molecule has 0 aliphatic heterocycles. The summed E-state index contributed by atoms with van der Waals surface area (Å²) in [6.07, 6.45) is 2.51. The topological polar surface area (TPSA) is 68.0 Å². The van der Waals surface area contributed by atoms with E-state index in [9.17, 15) is 4.79 Å². The average molecular weight is 278 g/mol. The number of nitrogens with two attached hydrogens (primary N) is 1. The molecule has 4 nitrogen and oxygen atoms in total. The normalized spacial score (nSPS) is 12.1. The molecule has 17 heavy (non-hydrogen) atoms. The van der Waals surface area contributed by atoms with E-state index in [0.29, 0.717) is 17.3 Å². The number of halogens is 1. The highest BCUT2D eigenvalue weighted by molar-refractivity contribution is 7.13. The van der Waals surface area contributed by atoms with Gasteiger partial charge in [-0.25, -0.2) is 4.98 Å². The van der Waals surface area contributed by atoms with E-state index < -0.39 is 0 Å². The van der Waals surface area contributed by atoms with Crippen molar-refractivity contribution in [3.63, 3.8) is 0 Å². The third kappa shape index (κ3) is 5.48. The van der Waals surface area contributed by atoms with Crippen molar-refractivity contribution < 1.29 is 4.79 Å². The average Bonchev–Trinajstić information content (AvgIpc) is 2.63. The first-order valence-electron chi connectivity index (χ1n) is 5.46. The number of amides is 1. The van der Waals surface area contributed by atoms with Crippen molar-refractivity contribution in [2.75, 3.05) is 6.54 Å². The van der Waals surface area contributed by atoms with Crippen LogP contribution in [-0.4, -0.2) is 23.5 Å². The van der Waals surface area contributed by atoms with Crippen LogP contribution in [0.25, 0.3) is 0 Å². The minimum absolute atomic E-state index is 0. The summed E-state index contributed by atoms with van der Waals surface area (Å²) in [7, 11) is 0. The van der Waals surface area contributed by atoms with Crippen molar-refractivity contribution in [3.05, 3.63) is 16.1 Å². The minimum Gasteiger partial charge on any atom is -0.347 e. The standard InChI is InChI=1S/C11H19N3OS.ClH/c1-7(2)4-9(5-12)14-11(15)10-6-13-8(3)16-10;/h6-7,9H,4-5,12H2,1-3H3,(H,14,15);1H. The molecule has 0 bridgehead atoms. The van der Waals surface area contributed by atoms with Crippen LogP contribution in [-0.2, 0) is 0 Å². The van der Waals surface area contributed by atoms with Crippen LogP contribution in [0, 0.1) is 12.8 Å². The summed E-state index contributed by atoms with van der Waals surface area (Å²) in [6, 6.07) is 0.0508. The van der Waals surface area contributed by atoms with Gasteiger partial charge in [0.2, 0.25) is 0 Å². The Labute approximate surface area is 112 Å². The third-order valence-electron chi connectivity index (χ3n) is 2.22. The number of carbonyl (C=O) groups is 1. The van der Waals surface area contributed by atoms with Gasteiger partial charge in [0.05, 0.1) is 11.2 Å². The SMILES string of the molecule is Cc1ncc(C(=O)NC(CN)CC(C)C)s1.Cl. The van der Waals surface area contributed by atoms with E-state index in [-0.39, 0.29) is 24.4 Å². The Bertz CT molecular complexity index is 354. The number of aryl methyl sites for hydroxylation is 1. The maximum atomic E-state index is 11.8. The smallest absolute Gasteiger partial charge is 0.263 e. The van der Waals surface area contributed by atoms with E-state index in [2.05, 4.69) is 24.1 Å². The maximum Gasteiger partial charge on any atom is 0.263 e. The fourth-order valence-electron chi connectivity index (χ4n) is 1.51. The molecule has 1 heterocycles. The summed E-state index contributed by atoms with van der Waals surface area (Å²) in [5.74, 6) is 0.457. The lowest BCUT2D eigenvalue weighted by Gasteiger charge is -2.18. The molecule has 1 aromatic heterocycles. The van der Waals surface area contributed by atoms with Gasteiger partial charge in [0.15, 0.2) is 0 Å². The summed E-state index contributed by atoms with van der Waals surface area (Å²) in [4.78, 5) is 16.5. The molecular formula is C11H20ClN3OS. The highest BCUT2D eigenvalue weighted by atomic mass is 35.5. The molecule has 0 aliphatic carbocycles. The molecule has 98 valence electrons. The van der Waals surface area contributed by atoms with Crippen molar-refractivity contribution in [3.8, 4) is 0 Å². The molecule has 6 heteroatoms. The summed E-state index contributed by atoms with van der Waals surface area (Å²) < 4.78 is 0. The first-order valence-corrected chi connectivity index (χ1v) is 6.28. The first-order chi connectivity index (χ1) is 7.52. The molecule has 1 aromatic rings. The number of hydrogen-bond acceptors (Lipinski definition) is 4. The van der Waals surface area contributed by atoms with Crippen molar-refractivity contribution in [1.82, 2.24) is 10.3 Å². The number of nitrogens with zero attached hydrogens (tertiary/aromatic N) is 1. The molecule has 0 aromatic carbocycles. The zero-order valence-electron chi connectivity index (χ0n) is 10.4. The molecule has 0 saturated heterocycles. The molecule has 0 fully saturated rings. The van der Waals surface area contributed by atoms with Gasteiger partial charge in [-0.1, -0.05) is 13.8 Å². The van der Waals surface area contributed by atoms with Crippen LogP contribution in [0.3, 0.4) is 0 Å². The Morgan fingerprint density at radius 2 is 2.24 bits per heavy atom. The van der Waals surface area contributed by atoms with E-state index in [1.807, 2.05) is 6.92 Å². The van der Waals surface area contributed by atoms with Gasteiger partial charge >= 0.3 is 0 Å². The second-order valence-corrected chi connectivity index (χ2v) is 5.51. The molecule has 1 atom stereocenters. The van der Waals surface area contributed by atoms with Gasteiger partial charge in [0.25, 0.3) is 5.91 Å². The molecule has 1 rings (SSSR count). The zero-order chi connectivity index (χ0) is 12.1. The summed E-state index contributed by atoms with van der Waals surface area (Å²) in [5.41, 5.74) is 5.63. The monoisotopic (exact) mass is 277 g/mol. The Morgan fingerprint density at radius 1 is 1.59 bits per heavy atom. The van der Waals surface area contributed by atoms with Crippen LogP contribution in [0.1, 0.15) is 34.9 Å². The van der Waals surface area contributed by atoms with E-state index in [1.54, 1.807) is 6.20 Å². The van der Waals surface area contributed by atoms with Crippen LogP contribution in [0.2, 0.25) is 0 Å². The minimum atomic E-state index is -0.0679. The zero-order valence-corrected chi connectivity index (χ0v) is 12.0. The van der Waals surface area contributed by atoms with Crippen molar-refractivity contribution in [2.24, 2.45) is 11.7 Å². The second-order valence-electron chi connectivity index (χ2n) is 4.28. The summed E-state index contributed by atoms with van der Waals surface area (Å²) >= 11 is 1.40. The van der Waals surface area contributed by atoms with E-state index in [4.69, 9.17) is 5.73 Å². The molecule has 1 amide bonds. The predicted octanol–water partition coefficient (Wildman–Crippen LogP) is 1.98. The lowest BCUT2D eigenvalue weighted by atomic mass is 10.0. The highest BCUT2D eigenvalue weighted by Crippen LogP contribution is 2.12. The highest BCUT2D eigenvalue weighted by Gasteiger charge is 2.15. The van der Waals surface area contributed by atoms with E-state index in [0.717, 1.165) is 11.4 Å². The van der Waals surface area contributed by atoms with Crippen LogP contribution in [0.5, 0.6) is 0 Å². The molecular weight excluding hydrogens is 258 g/mol. The third-order valence-corrected chi connectivity index (χ3v) is 3.13. The van der Waals surface area contributed by atoms with Crippen molar-refractivity contribution in [2.45, 2.75) is 33.2 Å². The molecule has 1 unspecified atom stereocenters. The molecule has 0 spiro atoms. The summed E-state index contributed by atoms with van der Waals surface area (Å²) in [6.45, 7) is 6.59. The van der Waals surface area contributed by atoms with Crippen molar-refractivity contribution >= 4 is 29.7 Å². The van der Waals surface area contributed by atoms with Crippen LogP contribution in [0.15, 0.2) is 6.20 Å². The number of rotatable bonds is 5. The van der Waals surface area contributed by atoms with Crippen molar-refractivity contribution in [1.29, 1.82) is 0 Å². The Morgan fingerprint density at radius 3 is 2.65 bits per heavy atom. The Hall–Kier alpha value is -0.650. The lowest BCUT2D eigenvalue weighted by molar-refractivity contribution is 0.0937. The van der Waals surface area contributed by atoms with Gasteiger partial charge in [-0.2, -0.15) is 0 Å². The second kappa shape index (κ2) is 7.63. The molecule has 0 radical (unpaired) electrons. The fraction of sp³-hybridized carbons (Fsp3) is 0.636. The number of thiazole rings is 1. The van der Waals surface area contributed by atoms with E-state index in [1.165, 1.54) is 11.3 Å². The van der Waals surface area contributed by atoms with E-state index >= 15 is 0 Å². The first kappa shape index (κ1) is 16.4. The number of aromatic nitrogens is 1. The molecule has 3 N–H and O–H groups in total. The lowest BCUT2D eigenvalue weighted by Crippen LogP contribution is -2.40. The fourth-order valence-corrected chi connectivity index (χ4v) is 2.19. The largest absolute Gasteiger partial charge is 0.347 e. The Balaban J connectivity index is 0.00000256. The van der Waals surface area contributed by atoms with Gasteiger partial charge in [-0.3, -0.25) is 4.79 Å². The van der Waals surface area contributed by atoms with Gasteiger partial charge in [-0.05, 0) is 19.3 Å². The van der Waals surface area contributed by atoms with Crippen LogP contribution >= 0.6 is 23.7 Å². The molecule has 0 saturated carbocycles. The van der Waals surface area contributed by atoms with Crippen LogP contribution in [0.4, 0.5) is 0 Å². The van der Waals surface area contributed by atoms with Gasteiger partial charge < -0.3 is 11.1 Å². The maximum absolute atomic E-state index is 11.8. The van der Waals surface area contributed by atoms with Gasteiger partial charge in [0.1, 0.15) is 4.88 Å². The quantitative estimate of drug-likeness (QED) is 0.865. The number of nitrogens with one attached hydrogen (secondary N) is 1. The predicted molar refractivity (Wildman–Crippen MR) is 73.9 cm³/mol. The number of hydrogen-bond donors (Lipinski definition) is 2. The van der Waals surface area contributed by atoms with Gasteiger partial charge in [0, 0.05) is 12.6 Å². The van der Waals surface area contributed by atoms with Gasteiger partial charge in [-0.15, -0.1) is 23.7 Å².